The number of carbonyl (C=O) groups is 1. The summed E-state index contributed by atoms with van der Waals surface area (Å²) in [6, 6.07) is 7.40. The molecule has 0 spiro atoms. The Morgan fingerprint density at radius 3 is 2.67 bits per heavy atom. The maximum Gasteiger partial charge on any atom is 0.269 e. The van der Waals surface area contributed by atoms with Gasteiger partial charge in [-0.2, -0.15) is 5.10 Å². The predicted octanol–water partition coefficient (Wildman–Crippen LogP) is 2.24. The van der Waals surface area contributed by atoms with Gasteiger partial charge < -0.3 is 10.2 Å². The smallest absolute Gasteiger partial charge is 0.269 e. The molecule has 0 bridgehead atoms. The zero-order valence-corrected chi connectivity index (χ0v) is 17.8. The lowest BCUT2D eigenvalue weighted by molar-refractivity contribution is 0.0946. The number of carbonyl (C=O) groups excluding carboxylic acids is 1. The summed E-state index contributed by atoms with van der Waals surface area (Å²) in [6.45, 7) is 5.20. The second-order valence-corrected chi connectivity index (χ2v) is 7.81. The number of hydrogen-bond acceptors (Lipinski definition) is 6. The Morgan fingerprint density at radius 1 is 1.13 bits per heavy atom. The van der Waals surface area contributed by atoms with E-state index in [9.17, 15) is 4.79 Å². The van der Waals surface area contributed by atoms with Crippen LogP contribution < -0.4 is 10.2 Å². The Bertz CT molecular complexity index is 982. The Balaban J connectivity index is 1.18. The van der Waals surface area contributed by atoms with E-state index in [-0.39, 0.29) is 5.91 Å². The van der Waals surface area contributed by atoms with Gasteiger partial charge in [-0.3, -0.25) is 19.4 Å². The Kier molecular flexibility index (Phi) is 6.51. The maximum atomic E-state index is 12.3. The Hall–Kier alpha value is -2.62. The lowest BCUT2D eigenvalue weighted by atomic mass is 10.2. The molecule has 1 saturated heterocycles. The second kappa shape index (κ2) is 9.46. The highest BCUT2D eigenvalue weighted by Gasteiger charge is 2.19. The van der Waals surface area contributed by atoms with Crippen LogP contribution in [-0.2, 0) is 0 Å². The summed E-state index contributed by atoms with van der Waals surface area (Å²) in [5.74, 6) is 0.394. The van der Waals surface area contributed by atoms with Crippen molar-refractivity contribution < 1.29 is 4.79 Å². The van der Waals surface area contributed by atoms with Crippen molar-refractivity contribution in [3.05, 3.63) is 52.7 Å². The van der Waals surface area contributed by atoms with Gasteiger partial charge in [0.25, 0.3) is 5.91 Å². The quantitative estimate of drug-likeness (QED) is 0.538. The van der Waals surface area contributed by atoms with E-state index in [1.54, 1.807) is 16.7 Å². The highest BCUT2D eigenvalue weighted by molar-refractivity contribution is 6.43. The van der Waals surface area contributed by atoms with Crippen molar-refractivity contribution in [2.75, 3.05) is 44.2 Å². The van der Waals surface area contributed by atoms with Crippen LogP contribution in [-0.4, -0.2) is 75.0 Å². The number of anilines is 1. The first-order chi connectivity index (χ1) is 14.6. The molecular weight excluding hydrogens is 427 g/mol. The van der Waals surface area contributed by atoms with E-state index >= 15 is 0 Å². The fraction of sp³-hybridized carbons (Fsp3) is 0.368. The van der Waals surface area contributed by atoms with E-state index in [4.69, 9.17) is 23.2 Å². The minimum Gasteiger partial charge on any atom is -0.368 e. The molecule has 0 aliphatic carbocycles. The summed E-state index contributed by atoms with van der Waals surface area (Å²) >= 11 is 12.5. The molecule has 0 atom stereocenters. The highest BCUT2D eigenvalue weighted by Crippen LogP contribution is 2.32. The molecule has 0 radical (unpaired) electrons. The van der Waals surface area contributed by atoms with Crippen LogP contribution in [0, 0.1) is 0 Å². The van der Waals surface area contributed by atoms with Crippen molar-refractivity contribution in [2.45, 2.75) is 6.42 Å². The average Bonchev–Trinajstić information content (AvgIpc) is 3.45. The van der Waals surface area contributed by atoms with Gasteiger partial charge in [-0.25, -0.2) is 0 Å². The van der Waals surface area contributed by atoms with Crippen molar-refractivity contribution in [2.24, 2.45) is 0 Å². The molecule has 9 nitrogen and oxygen atoms in total. The first kappa shape index (κ1) is 20.6. The van der Waals surface area contributed by atoms with Crippen LogP contribution in [0.3, 0.4) is 0 Å². The third-order valence-electron chi connectivity index (χ3n) is 5.07. The first-order valence-electron chi connectivity index (χ1n) is 9.72. The standard InChI is InChI=1S/C19H22Cl2N8O/c20-14-3-1-4-16(18(14)21)28-9-7-27(8-10-28)6-2-5-22-19(30)15-11-17(26-25-15)29-12-23-24-13-29/h1,3-4,11-13H,2,5-10H2,(H,22,30)(H,25,26). The Morgan fingerprint density at radius 2 is 1.90 bits per heavy atom. The number of amides is 1. The molecule has 0 unspecified atom stereocenters. The summed E-state index contributed by atoms with van der Waals surface area (Å²) in [7, 11) is 0. The van der Waals surface area contributed by atoms with Crippen LogP contribution >= 0.6 is 23.2 Å². The number of hydrogen-bond donors (Lipinski definition) is 2. The second-order valence-electron chi connectivity index (χ2n) is 7.02. The topological polar surface area (TPSA) is 95.0 Å². The number of H-pyrrole nitrogens is 1. The molecule has 3 heterocycles. The van der Waals surface area contributed by atoms with Crippen molar-refractivity contribution in [1.29, 1.82) is 0 Å². The summed E-state index contributed by atoms with van der Waals surface area (Å²) in [4.78, 5) is 16.9. The van der Waals surface area contributed by atoms with E-state index in [0.717, 1.165) is 44.8 Å². The summed E-state index contributed by atoms with van der Waals surface area (Å²) in [5.41, 5.74) is 1.40. The van der Waals surface area contributed by atoms with Gasteiger partial charge in [-0.1, -0.05) is 29.3 Å². The van der Waals surface area contributed by atoms with Crippen molar-refractivity contribution >= 4 is 34.8 Å². The SMILES string of the molecule is O=C(NCCCN1CCN(c2cccc(Cl)c2Cl)CC1)c1cc(-n2cnnc2)n[nH]1. The predicted molar refractivity (Wildman–Crippen MR) is 116 cm³/mol. The van der Waals surface area contributed by atoms with Gasteiger partial charge in [0.15, 0.2) is 5.82 Å². The average molecular weight is 449 g/mol. The van der Waals surface area contributed by atoms with Crippen LogP contribution in [0.25, 0.3) is 5.82 Å². The number of aromatic amines is 1. The number of nitrogens with zero attached hydrogens (tertiary/aromatic N) is 6. The van der Waals surface area contributed by atoms with Gasteiger partial charge in [0.2, 0.25) is 0 Å². The lowest BCUT2D eigenvalue weighted by Gasteiger charge is -2.36. The number of rotatable bonds is 7. The molecule has 30 heavy (non-hydrogen) atoms. The van der Waals surface area contributed by atoms with Crippen molar-refractivity contribution in [1.82, 2.24) is 35.2 Å². The molecule has 1 aliphatic rings. The van der Waals surface area contributed by atoms with Crippen LogP contribution in [0.15, 0.2) is 36.9 Å². The van der Waals surface area contributed by atoms with E-state index in [0.29, 0.717) is 28.1 Å². The summed E-state index contributed by atoms with van der Waals surface area (Å²) < 4.78 is 1.63. The van der Waals surface area contributed by atoms with Crippen LogP contribution in [0.5, 0.6) is 0 Å². The zero-order chi connectivity index (χ0) is 20.9. The van der Waals surface area contributed by atoms with E-state index in [1.165, 1.54) is 12.7 Å². The maximum absolute atomic E-state index is 12.3. The van der Waals surface area contributed by atoms with Crippen LogP contribution in [0.4, 0.5) is 5.69 Å². The molecule has 158 valence electrons. The largest absolute Gasteiger partial charge is 0.368 e. The van der Waals surface area contributed by atoms with Gasteiger partial charge in [-0.05, 0) is 25.1 Å². The molecule has 11 heteroatoms. The van der Waals surface area contributed by atoms with E-state index in [2.05, 4.69) is 35.5 Å². The molecule has 1 aromatic carbocycles. The van der Waals surface area contributed by atoms with Crippen molar-refractivity contribution in [3.8, 4) is 5.82 Å². The minimum absolute atomic E-state index is 0.178. The van der Waals surface area contributed by atoms with Gasteiger partial charge in [-0.15, -0.1) is 10.2 Å². The van der Waals surface area contributed by atoms with Gasteiger partial charge in [0.1, 0.15) is 18.3 Å². The van der Waals surface area contributed by atoms with Gasteiger partial charge in [0, 0.05) is 38.8 Å². The van der Waals surface area contributed by atoms with Gasteiger partial charge in [0.05, 0.1) is 15.7 Å². The van der Waals surface area contributed by atoms with E-state index in [1.807, 2.05) is 12.1 Å². The third-order valence-corrected chi connectivity index (χ3v) is 5.88. The highest BCUT2D eigenvalue weighted by atomic mass is 35.5. The van der Waals surface area contributed by atoms with E-state index < -0.39 is 0 Å². The minimum atomic E-state index is -0.178. The lowest BCUT2D eigenvalue weighted by Crippen LogP contribution is -2.47. The number of halogens is 2. The normalized spacial score (nSPS) is 14.8. The molecular formula is C19H22Cl2N8O. The molecule has 3 aromatic rings. The molecule has 4 rings (SSSR count). The van der Waals surface area contributed by atoms with Crippen LogP contribution in [0.2, 0.25) is 10.0 Å². The van der Waals surface area contributed by atoms with Crippen molar-refractivity contribution in [3.63, 3.8) is 0 Å². The molecule has 1 aliphatic heterocycles. The monoisotopic (exact) mass is 448 g/mol. The summed E-state index contributed by atoms with van der Waals surface area (Å²) in [6.07, 6.45) is 3.92. The molecule has 2 N–H and O–H groups in total. The molecule has 2 aromatic heterocycles. The zero-order valence-electron chi connectivity index (χ0n) is 16.3. The fourth-order valence-electron chi connectivity index (χ4n) is 3.43. The fourth-order valence-corrected chi connectivity index (χ4v) is 3.84. The van der Waals surface area contributed by atoms with Gasteiger partial charge >= 0.3 is 0 Å². The molecule has 0 saturated carbocycles. The third kappa shape index (κ3) is 4.75. The summed E-state index contributed by atoms with van der Waals surface area (Å²) in [5, 5.41) is 18.4. The Labute approximate surface area is 184 Å². The first-order valence-corrected chi connectivity index (χ1v) is 10.5. The number of benzene rings is 1. The number of nitrogens with one attached hydrogen (secondary N) is 2. The molecule has 1 fully saturated rings. The molecule has 1 amide bonds. The number of piperazine rings is 1. The number of aromatic nitrogens is 5. The van der Waals surface area contributed by atoms with Crippen LogP contribution in [0.1, 0.15) is 16.9 Å².